The number of furan rings is 1. The third-order valence-corrected chi connectivity index (χ3v) is 1.74. The van der Waals surface area contributed by atoms with Gasteiger partial charge in [0.25, 0.3) is 0 Å². The van der Waals surface area contributed by atoms with Crippen LogP contribution in [0.5, 0.6) is 0 Å². The Balaban J connectivity index is 0.00000169. The van der Waals surface area contributed by atoms with Gasteiger partial charge in [-0.05, 0) is 19.1 Å². The van der Waals surface area contributed by atoms with Crippen LogP contribution in [0.2, 0.25) is 0 Å². The van der Waals surface area contributed by atoms with Crippen LogP contribution in [0.4, 0.5) is 0 Å². The van der Waals surface area contributed by atoms with Crippen LogP contribution in [0.1, 0.15) is 24.0 Å². The molecule has 0 radical (unpaired) electrons. The number of methoxy groups -OCH3 is 1. The van der Waals surface area contributed by atoms with Crippen LogP contribution in [0.25, 0.3) is 0 Å². The van der Waals surface area contributed by atoms with Gasteiger partial charge in [-0.25, -0.2) is 0 Å². The van der Waals surface area contributed by atoms with Crippen LogP contribution >= 0.6 is 12.4 Å². The molecule has 0 fully saturated rings. The van der Waals surface area contributed by atoms with Crippen molar-refractivity contribution < 1.29 is 13.9 Å². The largest absolute Gasteiger partial charge is 0.469 e. The molecular weight excluding hydrogens is 206 g/mol. The Morgan fingerprint density at radius 1 is 1.64 bits per heavy atom. The Kier molecular flexibility index (Phi) is 5.27. The quantitative estimate of drug-likeness (QED) is 0.784. The highest BCUT2D eigenvalue weighted by molar-refractivity contribution is 5.85. The molecule has 2 N–H and O–H groups in total. The van der Waals surface area contributed by atoms with Gasteiger partial charge in [-0.2, -0.15) is 0 Å². The normalized spacial score (nSPS) is 11.6. The van der Waals surface area contributed by atoms with Crippen LogP contribution in [-0.2, 0) is 9.53 Å². The van der Waals surface area contributed by atoms with E-state index in [1.54, 1.807) is 6.07 Å². The van der Waals surface area contributed by atoms with Gasteiger partial charge in [-0.1, -0.05) is 0 Å². The highest BCUT2D eigenvalue weighted by Gasteiger charge is 2.14. The maximum Gasteiger partial charge on any atom is 0.307 e. The number of rotatable bonds is 3. The van der Waals surface area contributed by atoms with E-state index in [1.807, 2.05) is 13.0 Å². The summed E-state index contributed by atoms with van der Waals surface area (Å²) < 4.78 is 9.75. The van der Waals surface area contributed by atoms with E-state index in [-0.39, 0.29) is 24.8 Å². The summed E-state index contributed by atoms with van der Waals surface area (Å²) in [4.78, 5) is 10.9. The summed E-state index contributed by atoms with van der Waals surface area (Å²) in [7, 11) is 1.34. The van der Waals surface area contributed by atoms with Crippen molar-refractivity contribution in [3.63, 3.8) is 0 Å². The van der Waals surface area contributed by atoms with Crippen molar-refractivity contribution in [2.24, 2.45) is 5.73 Å². The molecular formula is C9H14ClNO3. The number of esters is 1. The summed E-state index contributed by atoms with van der Waals surface area (Å²) in [5, 5.41) is 0. The Labute approximate surface area is 88.8 Å². The monoisotopic (exact) mass is 219 g/mol. The van der Waals surface area contributed by atoms with Crippen LogP contribution in [0, 0.1) is 6.92 Å². The number of nitrogens with two attached hydrogens (primary N) is 1. The molecule has 0 bridgehead atoms. The number of halogens is 1. The van der Waals surface area contributed by atoms with Gasteiger partial charge in [0.15, 0.2) is 0 Å². The van der Waals surface area contributed by atoms with Gasteiger partial charge in [0.1, 0.15) is 11.5 Å². The molecule has 0 saturated heterocycles. The average molecular weight is 220 g/mol. The molecule has 0 aliphatic carbocycles. The summed E-state index contributed by atoms with van der Waals surface area (Å²) in [6, 6.07) is 3.16. The molecule has 0 aromatic carbocycles. The van der Waals surface area contributed by atoms with Gasteiger partial charge in [0.05, 0.1) is 19.6 Å². The minimum Gasteiger partial charge on any atom is -0.469 e. The van der Waals surface area contributed by atoms with E-state index in [2.05, 4.69) is 4.74 Å². The Morgan fingerprint density at radius 3 is 2.71 bits per heavy atom. The predicted molar refractivity (Wildman–Crippen MR) is 54.3 cm³/mol. The van der Waals surface area contributed by atoms with Gasteiger partial charge < -0.3 is 14.9 Å². The van der Waals surface area contributed by atoms with E-state index in [4.69, 9.17) is 10.2 Å². The lowest BCUT2D eigenvalue weighted by molar-refractivity contribution is -0.141. The van der Waals surface area contributed by atoms with Crippen molar-refractivity contribution in [2.75, 3.05) is 7.11 Å². The van der Waals surface area contributed by atoms with Crippen LogP contribution in [0.3, 0.4) is 0 Å². The highest BCUT2D eigenvalue weighted by atomic mass is 35.5. The second-order valence-electron chi connectivity index (χ2n) is 2.84. The Morgan fingerprint density at radius 2 is 2.29 bits per heavy atom. The Bertz CT molecular complexity index is 298. The molecule has 1 heterocycles. The van der Waals surface area contributed by atoms with Gasteiger partial charge in [0.2, 0.25) is 0 Å². The summed E-state index contributed by atoms with van der Waals surface area (Å²) >= 11 is 0. The SMILES string of the molecule is COC(=O)C[C@H](N)c1ccc(C)o1.Cl. The molecule has 0 aliphatic rings. The average Bonchev–Trinajstić information content (AvgIpc) is 2.51. The number of hydrogen-bond donors (Lipinski definition) is 1. The molecule has 1 aromatic heterocycles. The third kappa shape index (κ3) is 3.40. The first-order valence-electron chi connectivity index (χ1n) is 4.02. The molecule has 0 amide bonds. The second kappa shape index (κ2) is 5.67. The van der Waals surface area contributed by atoms with E-state index < -0.39 is 6.04 Å². The molecule has 1 atom stereocenters. The zero-order chi connectivity index (χ0) is 9.84. The molecule has 1 aromatic rings. The fourth-order valence-electron chi connectivity index (χ4n) is 1.02. The number of aryl methyl sites for hydroxylation is 1. The number of hydrogen-bond acceptors (Lipinski definition) is 4. The summed E-state index contributed by atoms with van der Waals surface area (Å²) in [5.74, 6) is 1.07. The summed E-state index contributed by atoms with van der Waals surface area (Å²) in [6.45, 7) is 1.83. The smallest absolute Gasteiger partial charge is 0.307 e. The lowest BCUT2D eigenvalue weighted by Crippen LogP contribution is -2.15. The zero-order valence-electron chi connectivity index (χ0n) is 8.15. The van der Waals surface area contributed by atoms with E-state index in [0.717, 1.165) is 5.76 Å². The fourth-order valence-corrected chi connectivity index (χ4v) is 1.02. The van der Waals surface area contributed by atoms with Gasteiger partial charge in [-0.15, -0.1) is 12.4 Å². The molecule has 4 nitrogen and oxygen atoms in total. The lowest BCUT2D eigenvalue weighted by Gasteiger charge is -2.06. The summed E-state index contributed by atoms with van der Waals surface area (Å²) in [6.07, 6.45) is 0.142. The zero-order valence-corrected chi connectivity index (χ0v) is 8.97. The van der Waals surface area contributed by atoms with Crippen molar-refractivity contribution in [1.29, 1.82) is 0 Å². The van der Waals surface area contributed by atoms with Crippen molar-refractivity contribution in [3.05, 3.63) is 23.7 Å². The first-order chi connectivity index (χ1) is 6.13. The van der Waals surface area contributed by atoms with Crippen LogP contribution in [-0.4, -0.2) is 13.1 Å². The van der Waals surface area contributed by atoms with Crippen molar-refractivity contribution in [1.82, 2.24) is 0 Å². The second-order valence-corrected chi connectivity index (χ2v) is 2.84. The van der Waals surface area contributed by atoms with Crippen molar-refractivity contribution >= 4 is 18.4 Å². The molecule has 1 rings (SSSR count). The molecule has 0 aliphatic heterocycles. The Hall–Kier alpha value is -1.00. The van der Waals surface area contributed by atoms with Crippen molar-refractivity contribution in [3.8, 4) is 0 Å². The predicted octanol–water partition coefficient (Wildman–Crippen LogP) is 1.57. The van der Waals surface area contributed by atoms with Crippen LogP contribution in [0.15, 0.2) is 16.5 Å². The minimum atomic E-state index is -0.416. The van der Waals surface area contributed by atoms with Crippen LogP contribution < -0.4 is 5.73 Å². The number of ether oxygens (including phenoxy) is 1. The van der Waals surface area contributed by atoms with Crippen molar-refractivity contribution in [2.45, 2.75) is 19.4 Å². The molecule has 0 saturated carbocycles. The third-order valence-electron chi connectivity index (χ3n) is 1.74. The first kappa shape index (κ1) is 13.0. The first-order valence-corrected chi connectivity index (χ1v) is 4.02. The van der Waals surface area contributed by atoms with Gasteiger partial charge in [0, 0.05) is 0 Å². The fraction of sp³-hybridized carbons (Fsp3) is 0.444. The van der Waals surface area contributed by atoms with E-state index in [1.165, 1.54) is 7.11 Å². The molecule has 5 heteroatoms. The standard InChI is InChI=1S/C9H13NO3.ClH/c1-6-3-4-8(13-6)7(10)5-9(11)12-2;/h3-4,7H,5,10H2,1-2H3;1H/t7-;/m0./s1. The lowest BCUT2D eigenvalue weighted by atomic mass is 10.2. The molecule has 14 heavy (non-hydrogen) atoms. The van der Waals surface area contributed by atoms with Gasteiger partial charge >= 0.3 is 5.97 Å². The van der Waals surface area contributed by atoms with E-state index >= 15 is 0 Å². The topological polar surface area (TPSA) is 65.5 Å². The maximum absolute atomic E-state index is 10.9. The maximum atomic E-state index is 10.9. The minimum absolute atomic E-state index is 0. The molecule has 80 valence electrons. The number of carbonyl (C=O) groups is 1. The van der Waals surface area contributed by atoms with E-state index in [0.29, 0.717) is 5.76 Å². The molecule has 0 spiro atoms. The highest BCUT2D eigenvalue weighted by Crippen LogP contribution is 2.16. The van der Waals surface area contributed by atoms with Gasteiger partial charge in [-0.3, -0.25) is 4.79 Å². The molecule has 0 unspecified atom stereocenters. The van der Waals surface area contributed by atoms with E-state index in [9.17, 15) is 4.79 Å². The summed E-state index contributed by atoms with van der Waals surface area (Å²) in [5.41, 5.74) is 5.69. The number of carbonyl (C=O) groups excluding carboxylic acids is 1.